The number of H-pyrrole nitrogens is 2. The predicted octanol–water partition coefficient (Wildman–Crippen LogP) is -0.610. The molecule has 1 aromatic heterocycles. The highest BCUT2D eigenvalue weighted by molar-refractivity contribution is 7.91. The van der Waals surface area contributed by atoms with Crippen molar-refractivity contribution in [3.63, 3.8) is 0 Å². The van der Waals surface area contributed by atoms with Gasteiger partial charge in [0.05, 0.1) is 11.5 Å². The third kappa shape index (κ3) is 1.87. The molecule has 7 heteroatoms. The molecule has 0 amide bonds. The lowest BCUT2D eigenvalue weighted by atomic mass is 10.0. The Kier molecular flexibility index (Phi) is 2.18. The highest BCUT2D eigenvalue weighted by Gasteiger charge is 2.26. The highest BCUT2D eigenvalue weighted by Crippen LogP contribution is 2.25. The van der Waals surface area contributed by atoms with Gasteiger partial charge in [-0.25, -0.2) is 18.3 Å². The summed E-state index contributed by atoms with van der Waals surface area (Å²) in [7, 11) is -2.85. The maximum Gasteiger partial charge on any atom is 0.340 e. The van der Waals surface area contributed by atoms with Crippen molar-refractivity contribution in [2.45, 2.75) is 18.8 Å². The summed E-state index contributed by atoms with van der Waals surface area (Å²) >= 11 is 0. The van der Waals surface area contributed by atoms with E-state index in [4.69, 9.17) is 0 Å². The minimum Gasteiger partial charge on any atom is -0.293 e. The molecule has 1 saturated heterocycles. The van der Waals surface area contributed by atoms with Crippen molar-refractivity contribution in [2.75, 3.05) is 11.5 Å². The van der Waals surface area contributed by atoms with Gasteiger partial charge in [-0.05, 0) is 12.8 Å². The Morgan fingerprint density at radius 2 is 1.93 bits per heavy atom. The lowest BCUT2D eigenvalue weighted by Gasteiger charge is -2.18. The third-order valence-corrected chi connectivity index (χ3v) is 4.18. The van der Waals surface area contributed by atoms with Crippen molar-refractivity contribution in [1.29, 1.82) is 0 Å². The minimum absolute atomic E-state index is 0.0671. The van der Waals surface area contributed by atoms with Crippen LogP contribution < -0.4 is 5.69 Å². The zero-order chi connectivity index (χ0) is 10.2. The predicted molar refractivity (Wildman–Crippen MR) is 49.8 cm³/mol. The maximum absolute atomic E-state index is 11.1. The number of aromatic amines is 2. The van der Waals surface area contributed by atoms with E-state index in [2.05, 4.69) is 15.2 Å². The fourth-order valence-electron chi connectivity index (χ4n) is 1.64. The second-order valence-corrected chi connectivity index (χ2v) is 5.79. The molecule has 1 fully saturated rings. The van der Waals surface area contributed by atoms with Crippen molar-refractivity contribution in [3.05, 3.63) is 16.3 Å². The second kappa shape index (κ2) is 3.23. The van der Waals surface area contributed by atoms with Crippen LogP contribution in [0.5, 0.6) is 0 Å². The fraction of sp³-hybridized carbons (Fsp3) is 0.714. The number of hydrogen-bond donors (Lipinski definition) is 2. The molecule has 0 unspecified atom stereocenters. The molecular formula is C7H11N3O3S. The van der Waals surface area contributed by atoms with E-state index in [1.807, 2.05) is 0 Å². The Labute approximate surface area is 80.7 Å². The number of nitrogens with one attached hydrogen (secondary N) is 2. The summed E-state index contributed by atoms with van der Waals surface area (Å²) in [6, 6.07) is 0. The SMILES string of the molecule is O=c1[nH]nc(C2CCS(=O)(=O)CC2)[nH]1. The largest absolute Gasteiger partial charge is 0.340 e. The molecule has 78 valence electrons. The van der Waals surface area contributed by atoms with E-state index in [0.717, 1.165) is 0 Å². The average Bonchev–Trinajstić information content (AvgIpc) is 2.52. The average molecular weight is 217 g/mol. The molecule has 6 nitrogen and oxygen atoms in total. The Bertz CT molecular complexity index is 458. The van der Waals surface area contributed by atoms with E-state index < -0.39 is 9.84 Å². The van der Waals surface area contributed by atoms with Crippen LogP contribution in [0.15, 0.2) is 4.79 Å². The van der Waals surface area contributed by atoms with Gasteiger partial charge in [0.2, 0.25) is 0 Å². The molecule has 1 aromatic rings. The lowest BCUT2D eigenvalue weighted by molar-refractivity contribution is 0.538. The van der Waals surface area contributed by atoms with E-state index in [0.29, 0.717) is 18.7 Å². The van der Waals surface area contributed by atoms with Crippen LogP contribution in [0.4, 0.5) is 0 Å². The highest BCUT2D eigenvalue weighted by atomic mass is 32.2. The maximum atomic E-state index is 11.1. The van der Waals surface area contributed by atoms with E-state index >= 15 is 0 Å². The molecule has 1 aliphatic rings. The van der Waals surface area contributed by atoms with Gasteiger partial charge in [0.25, 0.3) is 0 Å². The van der Waals surface area contributed by atoms with Gasteiger partial charge in [-0.3, -0.25) is 4.98 Å². The van der Waals surface area contributed by atoms with Crippen molar-refractivity contribution < 1.29 is 8.42 Å². The van der Waals surface area contributed by atoms with Crippen molar-refractivity contribution in [3.8, 4) is 0 Å². The first-order chi connectivity index (χ1) is 6.57. The van der Waals surface area contributed by atoms with Crippen LogP contribution in [0.25, 0.3) is 0 Å². The summed E-state index contributed by atoms with van der Waals surface area (Å²) in [5.41, 5.74) is -0.339. The summed E-state index contributed by atoms with van der Waals surface area (Å²) in [6.45, 7) is 0. The van der Waals surface area contributed by atoms with E-state index in [9.17, 15) is 13.2 Å². The molecule has 0 aromatic carbocycles. The molecule has 2 rings (SSSR count). The van der Waals surface area contributed by atoms with Gasteiger partial charge in [-0.15, -0.1) is 0 Å². The summed E-state index contributed by atoms with van der Waals surface area (Å²) in [6.07, 6.45) is 1.09. The standard InChI is InChI=1S/C7H11N3O3S/c11-7-8-6(9-10-7)5-1-3-14(12,13)4-2-5/h5H,1-4H2,(H2,8,9,10,11). The lowest BCUT2D eigenvalue weighted by Crippen LogP contribution is -2.23. The van der Waals surface area contributed by atoms with Gasteiger partial charge in [-0.2, -0.15) is 5.10 Å². The van der Waals surface area contributed by atoms with Crippen molar-refractivity contribution in [1.82, 2.24) is 15.2 Å². The Hall–Kier alpha value is -1.11. The first-order valence-electron chi connectivity index (χ1n) is 4.42. The summed E-state index contributed by atoms with van der Waals surface area (Å²) in [5.74, 6) is 1.02. The van der Waals surface area contributed by atoms with Gasteiger partial charge in [0, 0.05) is 5.92 Å². The molecule has 1 aliphatic heterocycles. The van der Waals surface area contributed by atoms with E-state index in [-0.39, 0.29) is 23.1 Å². The molecule has 0 bridgehead atoms. The van der Waals surface area contributed by atoms with Crippen molar-refractivity contribution in [2.24, 2.45) is 0 Å². The Morgan fingerprint density at radius 1 is 1.29 bits per heavy atom. The van der Waals surface area contributed by atoms with Crippen LogP contribution in [-0.4, -0.2) is 35.1 Å². The number of rotatable bonds is 1. The first-order valence-corrected chi connectivity index (χ1v) is 6.24. The van der Waals surface area contributed by atoms with Gasteiger partial charge in [0.1, 0.15) is 15.7 Å². The van der Waals surface area contributed by atoms with Gasteiger partial charge >= 0.3 is 5.69 Å². The van der Waals surface area contributed by atoms with Crippen LogP contribution in [0.2, 0.25) is 0 Å². The smallest absolute Gasteiger partial charge is 0.293 e. The molecule has 0 aliphatic carbocycles. The molecule has 2 N–H and O–H groups in total. The molecule has 0 saturated carbocycles. The molecule has 0 spiro atoms. The number of hydrogen-bond acceptors (Lipinski definition) is 4. The van der Waals surface area contributed by atoms with Gasteiger partial charge < -0.3 is 0 Å². The molecule has 0 atom stereocenters. The van der Waals surface area contributed by atoms with Crippen LogP contribution in [0.1, 0.15) is 24.6 Å². The van der Waals surface area contributed by atoms with Crippen LogP contribution >= 0.6 is 0 Å². The quantitative estimate of drug-likeness (QED) is 0.656. The van der Waals surface area contributed by atoms with E-state index in [1.165, 1.54) is 0 Å². The summed E-state index contributed by atoms with van der Waals surface area (Å²) < 4.78 is 22.3. The van der Waals surface area contributed by atoms with E-state index in [1.54, 1.807) is 0 Å². The van der Waals surface area contributed by atoms with Crippen molar-refractivity contribution >= 4 is 9.84 Å². The molecule has 0 radical (unpaired) electrons. The Morgan fingerprint density at radius 3 is 2.43 bits per heavy atom. The summed E-state index contributed by atoms with van der Waals surface area (Å²) in [5, 5.41) is 6.08. The minimum atomic E-state index is -2.85. The monoisotopic (exact) mass is 217 g/mol. The zero-order valence-corrected chi connectivity index (χ0v) is 8.30. The zero-order valence-electron chi connectivity index (χ0n) is 7.49. The number of aromatic nitrogens is 3. The van der Waals surface area contributed by atoms with Crippen LogP contribution in [-0.2, 0) is 9.84 Å². The fourth-order valence-corrected chi connectivity index (χ4v) is 3.13. The second-order valence-electron chi connectivity index (χ2n) is 3.49. The van der Waals surface area contributed by atoms with Crippen LogP contribution in [0, 0.1) is 0 Å². The van der Waals surface area contributed by atoms with Gasteiger partial charge in [0.15, 0.2) is 0 Å². The molecule has 14 heavy (non-hydrogen) atoms. The normalized spacial score (nSPS) is 22.3. The van der Waals surface area contributed by atoms with Crippen LogP contribution in [0.3, 0.4) is 0 Å². The van der Waals surface area contributed by atoms with Gasteiger partial charge in [-0.1, -0.05) is 0 Å². The first kappa shape index (κ1) is 9.45. The molecule has 2 heterocycles. The topological polar surface area (TPSA) is 95.7 Å². The molecular weight excluding hydrogens is 206 g/mol. The number of sulfone groups is 1. The number of nitrogens with zero attached hydrogens (tertiary/aromatic N) is 1. The third-order valence-electron chi connectivity index (χ3n) is 2.46. The Balaban J connectivity index is 2.13. The summed E-state index contributed by atoms with van der Waals surface area (Å²) in [4.78, 5) is 13.3.